The van der Waals surface area contributed by atoms with E-state index in [1.165, 1.54) is 0 Å². The van der Waals surface area contributed by atoms with Gasteiger partial charge in [-0.2, -0.15) is 0 Å². The third kappa shape index (κ3) is 3.35. The lowest BCUT2D eigenvalue weighted by molar-refractivity contribution is 0.0734. The summed E-state index contributed by atoms with van der Waals surface area (Å²) in [5, 5.41) is 0. The fourth-order valence-electron chi connectivity index (χ4n) is 3.40. The molecule has 1 fully saturated rings. The second-order valence-electron chi connectivity index (χ2n) is 6.21. The molecule has 1 aliphatic heterocycles. The summed E-state index contributed by atoms with van der Waals surface area (Å²) in [6.07, 6.45) is 1.73. The molecule has 2 aromatic rings. The smallest absolute Gasteiger partial charge is 0.254 e. The number of amides is 2. The molecule has 2 aromatic carbocycles. The molecule has 0 bridgehead atoms. The predicted octanol–water partition coefficient (Wildman–Crippen LogP) is 2.78. The van der Waals surface area contributed by atoms with Gasteiger partial charge in [0.1, 0.15) is 11.5 Å². The van der Waals surface area contributed by atoms with Gasteiger partial charge in [-0.1, -0.05) is 6.07 Å². The van der Waals surface area contributed by atoms with Crippen molar-refractivity contribution in [3.63, 3.8) is 0 Å². The third-order valence-electron chi connectivity index (χ3n) is 4.70. The molecule has 1 aliphatic rings. The summed E-state index contributed by atoms with van der Waals surface area (Å²) in [6, 6.07) is 12.0. The van der Waals surface area contributed by atoms with Crippen LogP contribution in [0, 0.1) is 0 Å². The van der Waals surface area contributed by atoms with Gasteiger partial charge in [0.2, 0.25) is 5.91 Å². The average molecular weight is 354 g/mol. The van der Waals surface area contributed by atoms with E-state index in [1.807, 2.05) is 23.1 Å². The van der Waals surface area contributed by atoms with E-state index in [0.717, 1.165) is 29.9 Å². The van der Waals surface area contributed by atoms with Gasteiger partial charge < -0.3 is 20.1 Å². The molecule has 0 saturated carbocycles. The molecule has 0 spiro atoms. The number of primary amides is 1. The zero-order valence-electron chi connectivity index (χ0n) is 14.9. The van der Waals surface area contributed by atoms with Crippen LogP contribution in [-0.4, -0.2) is 37.5 Å². The summed E-state index contributed by atoms with van der Waals surface area (Å²) >= 11 is 0. The first-order valence-electron chi connectivity index (χ1n) is 8.48. The molecule has 0 radical (unpaired) electrons. The summed E-state index contributed by atoms with van der Waals surface area (Å²) < 4.78 is 10.8. The highest BCUT2D eigenvalue weighted by Crippen LogP contribution is 2.39. The molecule has 1 atom stereocenters. The number of carbonyl (C=O) groups excluding carboxylic acids is 2. The fraction of sp³-hybridized carbons (Fsp3) is 0.300. The van der Waals surface area contributed by atoms with Crippen molar-refractivity contribution in [2.45, 2.75) is 18.9 Å². The van der Waals surface area contributed by atoms with Crippen LogP contribution in [0.25, 0.3) is 0 Å². The summed E-state index contributed by atoms with van der Waals surface area (Å²) in [5.74, 6) is 0.768. The van der Waals surface area contributed by atoms with E-state index >= 15 is 0 Å². The average Bonchev–Trinajstić information content (AvgIpc) is 3.16. The lowest BCUT2D eigenvalue weighted by Gasteiger charge is -2.27. The number of carbonyl (C=O) groups is 2. The third-order valence-corrected chi connectivity index (χ3v) is 4.70. The highest BCUT2D eigenvalue weighted by molar-refractivity contribution is 5.99. The minimum Gasteiger partial charge on any atom is -0.497 e. The minimum atomic E-state index is -0.549. The SMILES string of the molecule is COc1ccc(OC)c([C@@H]2CCCN2C(=O)c2cccc(C(N)=O)c2)c1. The molecule has 136 valence electrons. The van der Waals surface area contributed by atoms with E-state index in [0.29, 0.717) is 17.7 Å². The van der Waals surface area contributed by atoms with Crippen LogP contribution in [0.5, 0.6) is 11.5 Å². The van der Waals surface area contributed by atoms with Gasteiger partial charge in [0.25, 0.3) is 5.91 Å². The van der Waals surface area contributed by atoms with Gasteiger partial charge in [-0.05, 0) is 49.2 Å². The molecule has 3 rings (SSSR count). The maximum Gasteiger partial charge on any atom is 0.254 e. The zero-order chi connectivity index (χ0) is 18.7. The van der Waals surface area contributed by atoms with Crippen molar-refractivity contribution in [3.8, 4) is 11.5 Å². The standard InChI is InChI=1S/C20H22N2O4/c1-25-15-8-9-18(26-2)16(12-15)17-7-4-10-22(17)20(24)14-6-3-5-13(11-14)19(21)23/h3,5-6,8-9,11-12,17H,4,7,10H2,1-2H3,(H2,21,23)/t17-/m0/s1. The summed E-state index contributed by atoms with van der Waals surface area (Å²) in [7, 11) is 3.22. The number of methoxy groups -OCH3 is 2. The van der Waals surface area contributed by atoms with E-state index < -0.39 is 5.91 Å². The number of hydrogen-bond donors (Lipinski definition) is 1. The van der Waals surface area contributed by atoms with Gasteiger partial charge in [0.05, 0.1) is 20.3 Å². The van der Waals surface area contributed by atoms with Gasteiger partial charge in [-0.15, -0.1) is 0 Å². The fourth-order valence-corrected chi connectivity index (χ4v) is 3.40. The van der Waals surface area contributed by atoms with Crippen LogP contribution in [-0.2, 0) is 0 Å². The number of hydrogen-bond acceptors (Lipinski definition) is 4. The minimum absolute atomic E-state index is 0.107. The van der Waals surface area contributed by atoms with E-state index in [4.69, 9.17) is 15.2 Å². The first-order chi connectivity index (χ1) is 12.5. The van der Waals surface area contributed by atoms with Crippen LogP contribution in [0.4, 0.5) is 0 Å². The summed E-state index contributed by atoms with van der Waals surface area (Å²) in [6.45, 7) is 0.644. The Morgan fingerprint density at radius 2 is 1.85 bits per heavy atom. The summed E-state index contributed by atoms with van der Waals surface area (Å²) in [4.78, 5) is 26.3. The Bertz CT molecular complexity index is 834. The molecular formula is C20H22N2O4. The molecule has 1 heterocycles. The van der Waals surface area contributed by atoms with E-state index in [-0.39, 0.29) is 11.9 Å². The summed E-state index contributed by atoms with van der Waals surface area (Å²) in [5.41, 5.74) is 7.03. The molecule has 1 saturated heterocycles. The van der Waals surface area contributed by atoms with Crippen molar-refractivity contribution in [1.82, 2.24) is 4.90 Å². The molecule has 6 nitrogen and oxygen atoms in total. The molecular weight excluding hydrogens is 332 g/mol. The van der Waals surface area contributed by atoms with E-state index in [9.17, 15) is 9.59 Å². The van der Waals surface area contributed by atoms with E-state index in [2.05, 4.69) is 0 Å². The number of rotatable bonds is 5. The van der Waals surface area contributed by atoms with Gasteiger partial charge in [0.15, 0.2) is 0 Å². The number of nitrogens with zero attached hydrogens (tertiary/aromatic N) is 1. The van der Waals surface area contributed by atoms with Gasteiger partial charge in [-0.3, -0.25) is 9.59 Å². The zero-order valence-corrected chi connectivity index (χ0v) is 14.9. The number of ether oxygens (including phenoxy) is 2. The molecule has 2 N–H and O–H groups in total. The first-order valence-corrected chi connectivity index (χ1v) is 8.48. The van der Waals surface area contributed by atoms with Crippen LogP contribution in [0.2, 0.25) is 0 Å². The predicted molar refractivity (Wildman–Crippen MR) is 97.5 cm³/mol. The van der Waals surface area contributed by atoms with Crippen LogP contribution >= 0.6 is 0 Å². The topological polar surface area (TPSA) is 81.9 Å². The quantitative estimate of drug-likeness (QED) is 0.895. The molecule has 6 heteroatoms. The van der Waals surface area contributed by atoms with Crippen molar-refractivity contribution in [1.29, 1.82) is 0 Å². The van der Waals surface area contributed by atoms with Gasteiger partial charge >= 0.3 is 0 Å². The second kappa shape index (κ2) is 7.47. The highest BCUT2D eigenvalue weighted by Gasteiger charge is 2.32. The van der Waals surface area contributed by atoms with Crippen LogP contribution in [0.1, 0.15) is 45.2 Å². The number of benzene rings is 2. The lowest BCUT2D eigenvalue weighted by Crippen LogP contribution is -2.31. The maximum absolute atomic E-state index is 13.1. The Morgan fingerprint density at radius 1 is 1.08 bits per heavy atom. The Labute approximate surface area is 152 Å². The largest absolute Gasteiger partial charge is 0.497 e. The lowest BCUT2D eigenvalue weighted by atomic mass is 10.0. The van der Waals surface area contributed by atoms with Gasteiger partial charge in [0, 0.05) is 23.2 Å². The molecule has 2 amide bonds. The molecule has 0 aromatic heterocycles. The Balaban J connectivity index is 1.95. The van der Waals surface area contributed by atoms with Crippen molar-refractivity contribution in [2.24, 2.45) is 5.73 Å². The number of nitrogens with two attached hydrogens (primary N) is 1. The van der Waals surface area contributed by atoms with Crippen LogP contribution in [0.15, 0.2) is 42.5 Å². The maximum atomic E-state index is 13.1. The van der Waals surface area contributed by atoms with Crippen LogP contribution < -0.4 is 15.2 Å². The number of likely N-dealkylation sites (tertiary alicyclic amines) is 1. The van der Waals surface area contributed by atoms with E-state index in [1.54, 1.807) is 38.5 Å². The van der Waals surface area contributed by atoms with Crippen molar-refractivity contribution < 1.29 is 19.1 Å². The molecule has 26 heavy (non-hydrogen) atoms. The van der Waals surface area contributed by atoms with Gasteiger partial charge in [-0.25, -0.2) is 0 Å². The molecule has 0 aliphatic carbocycles. The first kappa shape index (κ1) is 17.8. The van der Waals surface area contributed by atoms with Crippen molar-refractivity contribution in [2.75, 3.05) is 20.8 Å². The van der Waals surface area contributed by atoms with Crippen molar-refractivity contribution in [3.05, 3.63) is 59.2 Å². The van der Waals surface area contributed by atoms with Crippen molar-refractivity contribution >= 4 is 11.8 Å². The monoisotopic (exact) mass is 354 g/mol. The second-order valence-corrected chi connectivity index (χ2v) is 6.21. The Hall–Kier alpha value is -3.02. The highest BCUT2D eigenvalue weighted by atomic mass is 16.5. The Morgan fingerprint density at radius 3 is 2.54 bits per heavy atom. The normalized spacial score (nSPS) is 16.4. The Kier molecular flexibility index (Phi) is 5.11. The van der Waals surface area contributed by atoms with Crippen LogP contribution in [0.3, 0.4) is 0 Å². The molecule has 0 unspecified atom stereocenters.